The van der Waals surface area contributed by atoms with E-state index in [1.165, 1.54) is 13.2 Å². The van der Waals surface area contributed by atoms with Gasteiger partial charge in [0.1, 0.15) is 16.5 Å². The van der Waals surface area contributed by atoms with Gasteiger partial charge in [-0.3, -0.25) is 4.79 Å². The molecule has 0 heterocycles. The second kappa shape index (κ2) is 10.4. The Kier molecular flexibility index (Phi) is 7.61. The zero-order valence-corrected chi connectivity index (χ0v) is 18.7. The van der Waals surface area contributed by atoms with Crippen LogP contribution < -0.4 is 10.1 Å². The van der Waals surface area contributed by atoms with E-state index in [0.717, 1.165) is 27.6 Å². The molecule has 3 rings (SSSR count). The summed E-state index contributed by atoms with van der Waals surface area (Å²) < 4.78 is 46.2. The minimum Gasteiger partial charge on any atom is -0.495 e. The lowest BCUT2D eigenvalue weighted by Gasteiger charge is -2.24. The summed E-state index contributed by atoms with van der Waals surface area (Å²) in [6.07, 6.45) is 0. The summed E-state index contributed by atoms with van der Waals surface area (Å²) in [5.74, 6) is -1.18. The quantitative estimate of drug-likeness (QED) is 0.532. The first-order chi connectivity index (χ1) is 15.4. The molecule has 0 saturated carbocycles. The van der Waals surface area contributed by atoms with E-state index in [2.05, 4.69) is 5.32 Å². The maximum Gasteiger partial charge on any atom is 0.247 e. The number of halogens is 1. The molecule has 0 unspecified atom stereocenters. The fraction of sp³-hybridized carbons (Fsp3) is 0.208. The van der Waals surface area contributed by atoms with Crippen molar-refractivity contribution in [3.05, 3.63) is 95.8 Å². The van der Waals surface area contributed by atoms with Crippen LogP contribution in [0.25, 0.3) is 0 Å². The largest absolute Gasteiger partial charge is 0.495 e. The van der Waals surface area contributed by atoms with E-state index in [1.807, 2.05) is 60.7 Å². The predicted molar refractivity (Wildman–Crippen MR) is 120 cm³/mol. The number of nitrogens with one attached hydrogen (secondary N) is 1. The molecule has 0 radical (unpaired) electrons. The van der Waals surface area contributed by atoms with Crippen LogP contribution in [0.4, 0.5) is 4.39 Å². The molecular weight excluding hydrogens is 431 g/mol. The molecule has 0 aromatic heterocycles. The minimum absolute atomic E-state index is 0.0108. The second-order valence-electron chi connectivity index (χ2n) is 7.05. The van der Waals surface area contributed by atoms with Crippen molar-refractivity contribution in [3.63, 3.8) is 0 Å². The number of hydrogen-bond acceptors (Lipinski definition) is 4. The van der Waals surface area contributed by atoms with Gasteiger partial charge in [-0.2, -0.15) is 4.31 Å². The number of likely N-dealkylation sites (N-methyl/N-ethyl adjacent to an activating group) is 1. The number of carbonyl (C=O) groups excluding carboxylic acids is 1. The van der Waals surface area contributed by atoms with Gasteiger partial charge in [-0.15, -0.1) is 0 Å². The van der Waals surface area contributed by atoms with E-state index in [0.29, 0.717) is 0 Å². The number of nitrogens with zero attached hydrogens (tertiary/aromatic N) is 1. The molecular formula is C24H25FN2O4S. The summed E-state index contributed by atoms with van der Waals surface area (Å²) in [5, 5.41) is 2.93. The lowest BCUT2D eigenvalue weighted by Crippen LogP contribution is -2.42. The van der Waals surface area contributed by atoms with Gasteiger partial charge >= 0.3 is 0 Å². The first kappa shape index (κ1) is 23.4. The summed E-state index contributed by atoms with van der Waals surface area (Å²) in [7, 11) is -2.86. The molecule has 0 aliphatic carbocycles. The molecule has 0 atom stereocenters. The van der Waals surface area contributed by atoms with Crippen LogP contribution in [0, 0.1) is 5.82 Å². The number of methoxy groups -OCH3 is 1. The molecule has 0 aliphatic heterocycles. The highest BCUT2D eigenvalue weighted by Gasteiger charge is 2.29. The standard InChI is InChI=1S/C24H25FN2O4S/c1-3-27(32(29,30)22-16-20(25)14-15-21(22)31-2)17-23(28)26-24(18-10-6-4-7-11-18)19-12-8-5-9-13-19/h4-16,24H,3,17H2,1-2H3,(H,26,28). The van der Waals surface area contributed by atoms with Crippen LogP contribution in [-0.2, 0) is 14.8 Å². The van der Waals surface area contributed by atoms with Crippen LogP contribution in [0.15, 0.2) is 83.8 Å². The smallest absolute Gasteiger partial charge is 0.247 e. The van der Waals surface area contributed by atoms with Crippen molar-refractivity contribution in [2.24, 2.45) is 0 Å². The molecule has 6 nitrogen and oxygen atoms in total. The average Bonchev–Trinajstić information content (AvgIpc) is 2.82. The molecule has 0 aliphatic rings. The van der Waals surface area contributed by atoms with E-state index in [9.17, 15) is 17.6 Å². The Balaban J connectivity index is 1.86. The van der Waals surface area contributed by atoms with Crippen LogP contribution in [0.3, 0.4) is 0 Å². The predicted octanol–water partition coefficient (Wildman–Crippen LogP) is 3.75. The Hall–Kier alpha value is -3.23. The zero-order valence-electron chi connectivity index (χ0n) is 17.9. The Labute approximate surface area is 187 Å². The summed E-state index contributed by atoms with van der Waals surface area (Å²) in [4.78, 5) is 12.6. The molecule has 0 spiro atoms. The molecule has 3 aromatic rings. The molecule has 3 aromatic carbocycles. The second-order valence-corrected chi connectivity index (χ2v) is 8.95. The van der Waals surface area contributed by atoms with E-state index < -0.39 is 34.3 Å². The summed E-state index contributed by atoms with van der Waals surface area (Å²) in [6, 6.07) is 21.6. The third-order valence-electron chi connectivity index (χ3n) is 4.99. The Morgan fingerprint density at radius 2 is 1.56 bits per heavy atom. The number of ether oxygens (including phenoxy) is 1. The van der Waals surface area contributed by atoms with E-state index in [1.54, 1.807) is 6.92 Å². The lowest BCUT2D eigenvalue weighted by atomic mass is 9.99. The lowest BCUT2D eigenvalue weighted by molar-refractivity contribution is -0.121. The maximum absolute atomic E-state index is 13.8. The summed E-state index contributed by atoms with van der Waals surface area (Å²) in [6.45, 7) is 1.22. The Bertz CT molecular complexity index is 1120. The highest BCUT2D eigenvalue weighted by molar-refractivity contribution is 7.89. The van der Waals surface area contributed by atoms with Crippen molar-refractivity contribution in [3.8, 4) is 5.75 Å². The molecule has 1 amide bonds. The Morgan fingerprint density at radius 1 is 1.00 bits per heavy atom. The number of amides is 1. The van der Waals surface area contributed by atoms with Crippen LogP contribution in [-0.4, -0.2) is 38.8 Å². The zero-order chi connectivity index (χ0) is 23.1. The summed E-state index contributed by atoms with van der Waals surface area (Å²) in [5.41, 5.74) is 1.73. The summed E-state index contributed by atoms with van der Waals surface area (Å²) >= 11 is 0. The molecule has 0 fully saturated rings. The number of carbonyl (C=O) groups is 1. The minimum atomic E-state index is -4.17. The van der Waals surface area contributed by atoms with Crippen molar-refractivity contribution in [1.29, 1.82) is 0 Å². The maximum atomic E-state index is 13.8. The molecule has 32 heavy (non-hydrogen) atoms. The van der Waals surface area contributed by atoms with Gasteiger partial charge in [-0.05, 0) is 29.3 Å². The van der Waals surface area contributed by atoms with Crippen molar-refractivity contribution < 1.29 is 22.3 Å². The molecule has 168 valence electrons. The van der Waals surface area contributed by atoms with Crippen molar-refractivity contribution in [2.45, 2.75) is 17.9 Å². The highest BCUT2D eigenvalue weighted by Crippen LogP contribution is 2.28. The van der Waals surface area contributed by atoms with Crippen LogP contribution >= 0.6 is 0 Å². The number of hydrogen-bond donors (Lipinski definition) is 1. The van der Waals surface area contributed by atoms with Gasteiger partial charge in [0, 0.05) is 6.54 Å². The monoisotopic (exact) mass is 456 g/mol. The number of sulfonamides is 1. The van der Waals surface area contributed by atoms with Gasteiger partial charge in [0.15, 0.2) is 0 Å². The van der Waals surface area contributed by atoms with Gasteiger partial charge in [0.05, 0.1) is 19.7 Å². The van der Waals surface area contributed by atoms with Crippen molar-refractivity contribution in [1.82, 2.24) is 9.62 Å². The molecule has 8 heteroatoms. The molecule has 1 N–H and O–H groups in total. The Morgan fingerprint density at radius 3 is 2.06 bits per heavy atom. The fourth-order valence-electron chi connectivity index (χ4n) is 3.37. The molecule has 0 saturated heterocycles. The highest BCUT2D eigenvalue weighted by atomic mass is 32.2. The van der Waals surface area contributed by atoms with Gasteiger partial charge < -0.3 is 10.1 Å². The van der Waals surface area contributed by atoms with Crippen molar-refractivity contribution >= 4 is 15.9 Å². The van der Waals surface area contributed by atoms with Gasteiger partial charge in [-0.25, -0.2) is 12.8 Å². The third-order valence-corrected chi connectivity index (χ3v) is 6.93. The first-order valence-electron chi connectivity index (χ1n) is 10.1. The van der Waals surface area contributed by atoms with E-state index in [-0.39, 0.29) is 17.2 Å². The molecule has 0 bridgehead atoms. The van der Waals surface area contributed by atoms with Crippen LogP contribution in [0.5, 0.6) is 5.75 Å². The fourth-order valence-corrected chi connectivity index (χ4v) is 4.95. The third kappa shape index (κ3) is 5.33. The van der Waals surface area contributed by atoms with Gasteiger partial charge in [-0.1, -0.05) is 67.6 Å². The SMILES string of the molecule is CCN(CC(=O)NC(c1ccccc1)c1ccccc1)S(=O)(=O)c1cc(F)ccc1OC. The topological polar surface area (TPSA) is 75.7 Å². The number of rotatable bonds is 9. The van der Waals surface area contributed by atoms with Crippen LogP contribution in [0.1, 0.15) is 24.1 Å². The van der Waals surface area contributed by atoms with E-state index >= 15 is 0 Å². The number of benzene rings is 3. The van der Waals surface area contributed by atoms with Crippen LogP contribution in [0.2, 0.25) is 0 Å². The van der Waals surface area contributed by atoms with E-state index in [4.69, 9.17) is 4.74 Å². The van der Waals surface area contributed by atoms with Gasteiger partial charge in [0.2, 0.25) is 15.9 Å². The average molecular weight is 457 g/mol. The first-order valence-corrected chi connectivity index (χ1v) is 11.5. The normalized spacial score (nSPS) is 11.5. The van der Waals surface area contributed by atoms with Crippen molar-refractivity contribution in [2.75, 3.05) is 20.2 Å². The van der Waals surface area contributed by atoms with Gasteiger partial charge in [0.25, 0.3) is 0 Å².